The number of rotatable bonds is 1. The first kappa shape index (κ1) is 10.5. The molecule has 0 radical (unpaired) electrons. The number of phenolic OH excluding ortho intramolecular Hbond substituents is 1. The average molecular weight is 263 g/mol. The van der Waals surface area contributed by atoms with E-state index in [9.17, 15) is 5.11 Å². The maximum Gasteiger partial charge on any atom is 0.128 e. The van der Waals surface area contributed by atoms with Crippen LogP contribution in [0.1, 0.15) is 0 Å². The number of phenols is 1. The first-order valence-electron chi connectivity index (χ1n) is 4.93. The highest BCUT2D eigenvalue weighted by Crippen LogP contribution is 2.36. The lowest BCUT2D eigenvalue weighted by atomic mass is 10.2. The van der Waals surface area contributed by atoms with Crippen LogP contribution in [0.3, 0.4) is 0 Å². The molecule has 2 aromatic heterocycles. The summed E-state index contributed by atoms with van der Waals surface area (Å²) < 4.78 is 1.04. The number of nitrogens with zero attached hydrogens (tertiary/aromatic N) is 2. The van der Waals surface area contributed by atoms with Gasteiger partial charge in [0.25, 0.3) is 0 Å². The first-order chi connectivity index (χ1) is 8.24. The van der Waals surface area contributed by atoms with Crippen molar-refractivity contribution in [2.45, 2.75) is 0 Å². The average Bonchev–Trinajstić information content (AvgIpc) is 2.75. The molecule has 3 aromatic rings. The maximum absolute atomic E-state index is 9.81. The van der Waals surface area contributed by atoms with Crippen molar-refractivity contribution in [2.24, 2.45) is 0 Å². The first-order valence-corrected chi connectivity index (χ1v) is 6.13. The van der Waals surface area contributed by atoms with Crippen LogP contribution in [0.25, 0.3) is 20.8 Å². The second kappa shape index (κ2) is 3.98. The summed E-state index contributed by atoms with van der Waals surface area (Å²) in [6.07, 6.45) is 3.43. The van der Waals surface area contributed by atoms with Crippen molar-refractivity contribution >= 4 is 33.2 Å². The van der Waals surface area contributed by atoms with E-state index in [2.05, 4.69) is 9.97 Å². The second-order valence-corrected chi connectivity index (χ2v) is 4.99. The van der Waals surface area contributed by atoms with Gasteiger partial charge in [-0.15, -0.1) is 11.3 Å². The van der Waals surface area contributed by atoms with Gasteiger partial charge in [0, 0.05) is 11.2 Å². The van der Waals surface area contributed by atoms with Crippen molar-refractivity contribution in [3.63, 3.8) is 0 Å². The number of hydrogen-bond acceptors (Lipinski definition) is 4. The molecule has 0 aliphatic rings. The Kier molecular flexibility index (Phi) is 2.46. The van der Waals surface area contributed by atoms with E-state index in [0.717, 1.165) is 15.2 Å². The highest BCUT2D eigenvalue weighted by molar-refractivity contribution is 7.21. The van der Waals surface area contributed by atoms with Crippen LogP contribution in [0.5, 0.6) is 5.75 Å². The molecular formula is C12H7ClN2OS. The molecule has 2 heterocycles. The summed E-state index contributed by atoms with van der Waals surface area (Å²) in [5.41, 5.74) is 1.48. The molecular weight excluding hydrogens is 256 g/mol. The minimum absolute atomic E-state index is 0.182. The maximum atomic E-state index is 9.81. The fourth-order valence-electron chi connectivity index (χ4n) is 1.57. The fraction of sp³-hybridized carbons (Fsp3) is 0. The molecule has 1 aromatic carbocycles. The van der Waals surface area contributed by atoms with Gasteiger partial charge < -0.3 is 5.11 Å². The van der Waals surface area contributed by atoms with Gasteiger partial charge in [-0.3, -0.25) is 4.98 Å². The monoisotopic (exact) mass is 262 g/mol. The van der Waals surface area contributed by atoms with Crippen LogP contribution in [0.15, 0.2) is 36.7 Å². The molecule has 0 saturated carbocycles. The number of fused-ring (bicyclic) bond motifs is 1. The number of hydrogen-bond donors (Lipinski definition) is 1. The predicted octanol–water partition coefficient (Wildman–Crippen LogP) is 3.72. The summed E-state index contributed by atoms with van der Waals surface area (Å²) in [4.78, 5) is 8.44. The fourth-order valence-corrected chi connectivity index (χ4v) is 2.70. The summed E-state index contributed by atoms with van der Waals surface area (Å²) in [7, 11) is 0. The van der Waals surface area contributed by atoms with Crippen LogP contribution in [-0.4, -0.2) is 15.1 Å². The molecule has 0 fully saturated rings. The topological polar surface area (TPSA) is 46.0 Å². The smallest absolute Gasteiger partial charge is 0.128 e. The van der Waals surface area contributed by atoms with Crippen LogP contribution in [0.4, 0.5) is 0 Å². The van der Waals surface area contributed by atoms with Gasteiger partial charge in [0.05, 0.1) is 16.5 Å². The minimum atomic E-state index is 0.182. The van der Waals surface area contributed by atoms with Crippen molar-refractivity contribution in [2.75, 3.05) is 0 Å². The lowest BCUT2D eigenvalue weighted by Gasteiger charge is -2.00. The summed E-state index contributed by atoms with van der Waals surface area (Å²) in [5.74, 6) is 0.182. The van der Waals surface area contributed by atoms with Crippen molar-refractivity contribution < 1.29 is 5.11 Å². The Morgan fingerprint density at radius 3 is 2.94 bits per heavy atom. The largest absolute Gasteiger partial charge is 0.507 e. The van der Waals surface area contributed by atoms with E-state index in [1.807, 2.05) is 6.07 Å². The van der Waals surface area contributed by atoms with Crippen molar-refractivity contribution in [1.82, 2.24) is 9.97 Å². The molecule has 3 nitrogen and oxygen atoms in total. The zero-order chi connectivity index (χ0) is 11.8. The number of pyridine rings is 1. The van der Waals surface area contributed by atoms with Crippen molar-refractivity contribution in [3.8, 4) is 16.3 Å². The van der Waals surface area contributed by atoms with Crippen LogP contribution < -0.4 is 0 Å². The molecule has 0 saturated heterocycles. The number of aromatic nitrogens is 2. The van der Waals surface area contributed by atoms with Crippen LogP contribution >= 0.6 is 22.9 Å². The van der Waals surface area contributed by atoms with Crippen molar-refractivity contribution in [3.05, 3.63) is 41.7 Å². The highest BCUT2D eigenvalue weighted by atomic mass is 35.5. The third-order valence-electron chi connectivity index (χ3n) is 2.38. The summed E-state index contributed by atoms with van der Waals surface area (Å²) >= 11 is 7.42. The molecule has 0 bridgehead atoms. The Hall–Kier alpha value is -1.65. The van der Waals surface area contributed by atoms with E-state index in [4.69, 9.17) is 11.6 Å². The third kappa shape index (κ3) is 1.85. The van der Waals surface area contributed by atoms with Crippen LogP contribution in [0.2, 0.25) is 5.02 Å². The van der Waals surface area contributed by atoms with Gasteiger partial charge in [-0.25, -0.2) is 4.98 Å². The lowest BCUT2D eigenvalue weighted by molar-refractivity contribution is 0.477. The third-order valence-corrected chi connectivity index (χ3v) is 3.68. The number of halogens is 1. The molecule has 3 rings (SSSR count). The molecule has 0 aliphatic carbocycles. The summed E-state index contributed by atoms with van der Waals surface area (Å²) in [6, 6.07) is 6.83. The molecule has 0 aliphatic heterocycles. The molecule has 0 amide bonds. The zero-order valence-corrected chi connectivity index (χ0v) is 10.2. The zero-order valence-electron chi connectivity index (χ0n) is 8.59. The Labute approximate surface area is 106 Å². The predicted molar refractivity (Wildman–Crippen MR) is 69.5 cm³/mol. The van der Waals surface area contributed by atoms with Crippen LogP contribution in [0, 0.1) is 0 Å². The normalized spacial score (nSPS) is 10.9. The Morgan fingerprint density at radius 1 is 1.24 bits per heavy atom. The van der Waals surface area contributed by atoms with E-state index in [0.29, 0.717) is 10.6 Å². The molecule has 0 unspecified atom stereocenters. The van der Waals surface area contributed by atoms with Gasteiger partial charge in [-0.05, 0) is 24.3 Å². The van der Waals surface area contributed by atoms with E-state index in [1.165, 1.54) is 11.3 Å². The highest BCUT2D eigenvalue weighted by Gasteiger charge is 2.10. The van der Waals surface area contributed by atoms with Crippen LogP contribution in [-0.2, 0) is 0 Å². The summed E-state index contributed by atoms with van der Waals surface area (Å²) in [6.45, 7) is 0. The molecule has 17 heavy (non-hydrogen) atoms. The van der Waals surface area contributed by atoms with E-state index >= 15 is 0 Å². The number of benzene rings is 1. The Morgan fingerprint density at radius 2 is 2.12 bits per heavy atom. The molecule has 0 spiro atoms. The summed E-state index contributed by atoms with van der Waals surface area (Å²) in [5, 5.41) is 11.1. The van der Waals surface area contributed by atoms with Gasteiger partial charge in [-0.2, -0.15) is 0 Å². The standard InChI is InChI=1S/C12H7ClN2OS/c13-7-1-2-10(16)8(5-7)12-15-9-6-14-4-3-11(9)17-12/h1-6,16H. The lowest BCUT2D eigenvalue weighted by Crippen LogP contribution is -1.78. The quantitative estimate of drug-likeness (QED) is 0.727. The van der Waals surface area contributed by atoms with E-state index in [1.54, 1.807) is 30.6 Å². The molecule has 5 heteroatoms. The van der Waals surface area contributed by atoms with Gasteiger partial charge in [0.1, 0.15) is 16.3 Å². The number of thiazole rings is 1. The SMILES string of the molecule is Oc1ccc(Cl)cc1-c1nc2cnccc2s1. The van der Waals surface area contributed by atoms with Gasteiger partial charge >= 0.3 is 0 Å². The van der Waals surface area contributed by atoms with E-state index in [-0.39, 0.29) is 5.75 Å². The van der Waals surface area contributed by atoms with Gasteiger partial charge in [-0.1, -0.05) is 11.6 Å². The van der Waals surface area contributed by atoms with Gasteiger partial charge in [0.15, 0.2) is 0 Å². The molecule has 1 N–H and O–H groups in total. The minimum Gasteiger partial charge on any atom is -0.507 e. The molecule has 84 valence electrons. The number of aromatic hydroxyl groups is 1. The Balaban J connectivity index is 2.23. The molecule has 0 atom stereocenters. The second-order valence-electron chi connectivity index (χ2n) is 3.52. The Bertz CT molecular complexity index is 663. The van der Waals surface area contributed by atoms with Gasteiger partial charge in [0.2, 0.25) is 0 Å². The van der Waals surface area contributed by atoms with Crippen molar-refractivity contribution in [1.29, 1.82) is 0 Å². The van der Waals surface area contributed by atoms with E-state index < -0.39 is 0 Å².